The molecule has 0 N–H and O–H groups in total. The fourth-order valence-corrected chi connectivity index (χ4v) is 3.06. The summed E-state index contributed by atoms with van der Waals surface area (Å²) in [7, 11) is 1.45. The van der Waals surface area contributed by atoms with Crippen molar-refractivity contribution in [2.75, 3.05) is 21.1 Å². The van der Waals surface area contributed by atoms with Crippen molar-refractivity contribution in [3.05, 3.63) is 53.3 Å². The second kappa shape index (κ2) is 6.86. The summed E-state index contributed by atoms with van der Waals surface area (Å²) < 4.78 is 30.7. The number of aryl methyl sites for hydroxylation is 1. The van der Waals surface area contributed by atoms with E-state index in [1.54, 1.807) is 6.07 Å². The standard InChI is InChI=1S/C17H24N2O3S/c1-13-6-8-15(9-7-13)14(2)19(5)12-16-10-11-17(22-16)23(20,21)18(3)4/h6-11,14H,12H2,1-5H3/t14-/m0/s1. The third-order valence-electron chi connectivity index (χ3n) is 4.00. The quantitative estimate of drug-likeness (QED) is 0.814. The van der Waals surface area contributed by atoms with Gasteiger partial charge in [0, 0.05) is 20.1 Å². The average molecular weight is 336 g/mol. The zero-order chi connectivity index (χ0) is 17.2. The van der Waals surface area contributed by atoms with Crippen LogP contribution in [0.1, 0.15) is 29.9 Å². The number of hydrogen-bond donors (Lipinski definition) is 0. The summed E-state index contributed by atoms with van der Waals surface area (Å²) >= 11 is 0. The molecule has 126 valence electrons. The maximum absolute atomic E-state index is 12.0. The summed E-state index contributed by atoms with van der Waals surface area (Å²) in [4.78, 5) is 2.12. The van der Waals surface area contributed by atoms with Crippen LogP contribution in [0.2, 0.25) is 0 Å². The maximum atomic E-state index is 12.0. The molecule has 0 aliphatic rings. The SMILES string of the molecule is Cc1ccc([C@H](C)N(C)Cc2ccc(S(=O)(=O)N(C)C)o2)cc1. The van der Waals surface area contributed by atoms with Crippen LogP contribution < -0.4 is 0 Å². The predicted octanol–water partition coefficient (Wildman–Crippen LogP) is 3.03. The Kier molecular flexibility index (Phi) is 5.29. The van der Waals surface area contributed by atoms with E-state index < -0.39 is 10.0 Å². The van der Waals surface area contributed by atoms with Gasteiger partial charge in [-0.05, 0) is 38.6 Å². The Bertz CT molecular complexity index is 748. The summed E-state index contributed by atoms with van der Waals surface area (Å²) in [5.74, 6) is 0.631. The lowest BCUT2D eigenvalue weighted by atomic mass is 10.1. The molecular weight excluding hydrogens is 312 g/mol. The Morgan fingerprint density at radius 1 is 1.04 bits per heavy atom. The molecule has 0 unspecified atom stereocenters. The van der Waals surface area contributed by atoms with Gasteiger partial charge in [0.15, 0.2) is 0 Å². The first-order valence-corrected chi connectivity index (χ1v) is 8.94. The molecule has 1 aromatic heterocycles. The van der Waals surface area contributed by atoms with Crippen LogP contribution in [0.15, 0.2) is 45.9 Å². The van der Waals surface area contributed by atoms with E-state index in [-0.39, 0.29) is 11.1 Å². The van der Waals surface area contributed by atoms with Gasteiger partial charge in [0.2, 0.25) is 5.09 Å². The lowest BCUT2D eigenvalue weighted by Crippen LogP contribution is -2.22. The fraction of sp³-hybridized carbons (Fsp3) is 0.412. The van der Waals surface area contributed by atoms with Gasteiger partial charge in [0.25, 0.3) is 10.0 Å². The zero-order valence-electron chi connectivity index (χ0n) is 14.3. The second-order valence-corrected chi connectivity index (χ2v) is 8.09. The summed E-state index contributed by atoms with van der Waals surface area (Å²) in [5.41, 5.74) is 2.44. The highest BCUT2D eigenvalue weighted by Crippen LogP contribution is 2.23. The van der Waals surface area contributed by atoms with E-state index in [1.165, 1.54) is 31.3 Å². The van der Waals surface area contributed by atoms with E-state index in [4.69, 9.17) is 4.42 Å². The van der Waals surface area contributed by atoms with E-state index in [0.29, 0.717) is 12.3 Å². The van der Waals surface area contributed by atoms with Gasteiger partial charge in [0.05, 0.1) is 6.54 Å². The van der Waals surface area contributed by atoms with Gasteiger partial charge in [-0.2, -0.15) is 0 Å². The van der Waals surface area contributed by atoms with Gasteiger partial charge in [-0.3, -0.25) is 4.90 Å². The Morgan fingerprint density at radius 3 is 2.22 bits per heavy atom. The van der Waals surface area contributed by atoms with Crippen molar-refractivity contribution in [2.24, 2.45) is 0 Å². The maximum Gasteiger partial charge on any atom is 0.275 e. The fourth-order valence-electron chi connectivity index (χ4n) is 2.24. The van der Waals surface area contributed by atoms with Crippen molar-refractivity contribution >= 4 is 10.0 Å². The van der Waals surface area contributed by atoms with E-state index >= 15 is 0 Å². The van der Waals surface area contributed by atoms with Gasteiger partial charge in [0.1, 0.15) is 5.76 Å². The number of rotatable bonds is 6. The third kappa shape index (κ3) is 4.02. The number of benzene rings is 1. The minimum absolute atomic E-state index is 0.0195. The van der Waals surface area contributed by atoms with E-state index in [0.717, 1.165) is 4.31 Å². The van der Waals surface area contributed by atoms with E-state index in [1.807, 2.05) is 7.05 Å². The molecule has 1 atom stereocenters. The molecule has 1 aromatic carbocycles. The molecule has 23 heavy (non-hydrogen) atoms. The Hall–Kier alpha value is -1.63. The summed E-state index contributed by atoms with van der Waals surface area (Å²) in [6, 6.07) is 11.8. The second-order valence-electron chi connectivity index (χ2n) is 6.01. The summed E-state index contributed by atoms with van der Waals surface area (Å²) in [5, 5.41) is -0.0195. The van der Waals surface area contributed by atoms with Gasteiger partial charge in [-0.15, -0.1) is 0 Å². The molecule has 1 heterocycles. The topological polar surface area (TPSA) is 53.8 Å². The molecule has 0 saturated carbocycles. The first kappa shape index (κ1) is 17.7. The van der Waals surface area contributed by atoms with Crippen LogP contribution >= 0.6 is 0 Å². The van der Waals surface area contributed by atoms with Crippen molar-refractivity contribution in [1.82, 2.24) is 9.21 Å². The molecule has 0 amide bonds. The molecule has 0 aliphatic heterocycles. The van der Waals surface area contributed by atoms with Crippen LogP contribution in [0.4, 0.5) is 0 Å². The van der Waals surface area contributed by atoms with Crippen LogP contribution in [-0.2, 0) is 16.6 Å². The van der Waals surface area contributed by atoms with E-state index in [9.17, 15) is 8.42 Å². The monoisotopic (exact) mass is 336 g/mol. The first-order valence-electron chi connectivity index (χ1n) is 7.50. The number of hydrogen-bond acceptors (Lipinski definition) is 4. The molecule has 0 aliphatic carbocycles. The molecule has 0 bridgehead atoms. The first-order chi connectivity index (χ1) is 10.7. The summed E-state index contributed by atoms with van der Waals surface area (Å²) in [6.07, 6.45) is 0. The Morgan fingerprint density at radius 2 is 1.65 bits per heavy atom. The predicted molar refractivity (Wildman–Crippen MR) is 90.6 cm³/mol. The lowest BCUT2D eigenvalue weighted by molar-refractivity contribution is 0.225. The van der Waals surface area contributed by atoms with Crippen molar-refractivity contribution < 1.29 is 12.8 Å². The summed E-state index contributed by atoms with van der Waals surface area (Å²) in [6.45, 7) is 4.72. The molecule has 0 saturated heterocycles. The van der Waals surface area contributed by atoms with Crippen molar-refractivity contribution in [3.8, 4) is 0 Å². The largest absolute Gasteiger partial charge is 0.447 e. The molecule has 6 heteroatoms. The van der Waals surface area contributed by atoms with E-state index in [2.05, 4.69) is 43.0 Å². The number of furan rings is 1. The van der Waals surface area contributed by atoms with Gasteiger partial charge >= 0.3 is 0 Å². The van der Waals surface area contributed by atoms with Crippen LogP contribution in [0.3, 0.4) is 0 Å². The van der Waals surface area contributed by atoms with Gasteiger partial charge < -0.3 is 4.42 Å². The molecular formula is C17H24N2O3S. The highest BCUT2D eigenvalue weighted by Gasteiger charge is 2.22. The van der Waals surface area contributed by atoms with Gasteiger partial charge in [-0.1, -0.05) is 29.8 Å². The van der Waals surface area contributed by atoms with Gasteiger partial charge in [-0.25, -0.2) is 12.7 Å². The van der Waals surface area contributed by atoms with Crippen LogP contribution in [0, 0.1) is 6.92 Å². The number of nitrogens with zero attached hydrogens (tertiary/aromatic N) is 2. The number of sulfonamides is 1. The molecule has 0 fully saturated rings. The highest BCUT2D eigenvalue weighted by atomic mass is 32.2. The average Bonchev–Trinajstić information content (AvgIpc) is 2.96. The molecule has 5 nitrogen and oxygen atoms in total. The molecule has 0 radical (unpaired) electrons. The van der Waals surface area contributed by atoms with Crippen LogP contribution in [-0.4, -0.2) is 38.8 Å². The smallest absolute Gasteiger partial charge is 0.275 e. The minimum atomic E-state index is -3.52. The Balaban J connectivity index is 2.10. The normalized spacial score (nSPS) is 13.7. The third-order valence-corrected chi connectivity index (χ3v) is 5.69. The Labute approximate surface area is 138 Å². The van der Waals surface area contributed by atoms with Crippen molar-refractivity contribution in [2.45, 2.75) is 31.5 Å². The van der Waals surface area contributed by atoms with Crippen LogP contribution in [0.5, 0.6) is 0 Å². The van der Waals surface area contributed by atoms with Crippen LogP contribution in [0.25, 0.3) is 0 Å². The lowest BCUT2D eigenvalue weighted by Gasteiger charge is -2.24. The molecule has 0 spiro atoms. The zero-order valence-corrected chi connectivity index (χ0v) is 15.1. The molecule has 2 aromatic rings. The highest BCUT2D eigenvalue weighted by molar-refractivity contribution is 7.88. The minimum Gasteiger partial charge on any atom is -0.447 e. The molecule has 2 rings (SSSR count). The van der Waals surface area contributed by atoms with Crippen molar-refractivity contribution in [1.29, 1.82) is 0 Å². The van der Waals surface area contributed by atoms with Crippen molar-refractivity contribution in [3.63, 3.8) is 0 Å².